The second-order valence-electron chi connectivity index (χ2n) is 9.01. The number of benzene rings is 1. The van der Waals surface area contributed by atoms with Gasteiger partial charge in [-0.2, -0.15) is 0 Å². The Balaban J connectivity index is 1.50. The Morgan fingerprint density at radius 1 is 1.19 bits per heavy atom. The van der Waals surface area contributed by atoms with Gasteiger partial charge in [-0.3, -0.25) is 4.79 Å². The van der Waals surface area contributed by atoms with Crippen LogP contribution < -0.4 is 14.8 Å². The Hall–Kier alpha value is -1.48. The molecule has 0 spiro atoms. The molecule has 2 N–H and O–H groups in total. The maximum atomic E-state index is 12.5. The molecule has 2 fully saturated rings. The van der Waals surface area contributed by atoms with E-state index in [-0.39, 0.29) is 30.0 Å². The van der Waals surface area contributed by atoms with E-state index in [2.05, 4.69) is 16.1 Å². The number of hydrogen-bond donors (Lipinski definition) is 2. The van der Waals surface area contributed by atoms with Crippen LogP contribution in [0.25, 0.3) is 0 Å². The first-order chi connectivity index (χ1) is 15.4. The number of carbonyl (C=O) groups excluding carboxylic acids is 1. The molecule has 32 heavy (non-hydrogen) atoms. The van der Waals surface area contributed by atoms with Crippen LogP contribution in [-0.4, -0.2) is 57.9 Å². The number of ether oxygens (including phenoxy) is 2. The second-order valence-corrected chi connectivity index (χ2v) is 11.1. The zero-order valence-corrected chi connectivity index (χ0v) is 20.1. The number of carbonyl (C=O) groups is 1. The molecule has 0 amide bonds. The van der Waals surface area contributed by atoms with Crippen LogP contribution in [0.3, 0.4) is 0 Å². The Labute approximate surface area is 192 Å². The molecule has 0 aromatic heterocycles. The predicted octanol–water partition coefficient (Wildman–Crippen LogP) is 3.15. The van der Waals surface area contributed by atoms with E-state index in [1.165, 1.54) is 5.56 Å². The predicted molar refractivity (Wildman–Crippen MR) is 126 cm³/mol. The zero-order valence-electron chi connectivity index (χ0n) is 19.3. The van der Waals surface area contributed by atoms with Gasteiger partial charge in [0.2, 0.25) is 10.0 Å². The summed E-state index contributed by atoms with van der Waals surface area (Å²) in [5, 5.41) is 3.06. The summed E-state index contributed by atoms with van der Waals surface area (Å²) in [6.45, 7) is 5.13. The van der Waals surface area contributed by atoms with Crippen molar-refractivity contribution in [2.24, 2.45) is 0 Å². The fourth-order valence-electron chi connectivity index (χ4n) is 4.67. The van der Waals surface area contributed by atoms with Gasteiger partial charge in [-0.1, -0.05) is 25.1 Å². The highest BCUT2D eigenvalue weighted by molar-refractivity contribution is 7.90. The van der Waals surface area contributed by atoms with Gasteiger partial charge < -0.3 is 14.8 Å². The molecule has 1 saturated carbocycles. The Morgan fingerprint density at radius 2 is 1.94 bits per heavy atom. The first-order valence-corrected chi connectivity index (χ1v) is 13.5. The smallest absolute Gasteiger partial charge is 0.214 e. The number of aldehydes is 1. The molecule has 2 aliphatic rings. The number of rotatable bonds is 11. The van der Waals surface area contributed by atoms with Crippen LogP contribution >= 0.6 is 0 Å². The van der Waals surface area contributed by atoms with Crippen LogP contribution in [0.1, 0.15) is 70.3 Å². The lowest BCUT2D eigenvalue weighted by Crippen LogP contribution is -2.56. The van der Waals surface area contributed by atoms with Gasteiger partial charge in [0.15, 0.2) is 6.29 Å². The van der Waals surface area contributed by atoms with Gasteiger partial charge in [0.25, 0.3) is 0 Å². The Morgan fingerprint density at radius 3 is 2.66 bits per heavy atom. The number of para-hydroxylation sites is 1. The minimum atomic E-state index is -3.31. The highest BCUT2D eigenvalue weighted by atomic mass is 32.2. The summed E-state index contributed by atoms with van der Waals surface area (Å²) in [6, 6.07) is 7.84. The summed E-state index contributed by atoms with van der Waals surface area (Å²) < 4.78 is 39.9. The van der Waals surface area contributed by atoms with Crippen molar-refractivity contribution in [3.05, 3.63) is 29.8 Å². The van der Waals surface area contributed by atoms with E-state index in [1.807, 2.05) is 25.1 Å². The molecule has 3 rings (SSSR count). The van der Waals surface area contributed by atoms with E-state index < -0.39 is 10.0 Å². The Kier molecular flexibility index (Phi) is 9.52. The van der Waals surface area contributed by atoms with Crippen molar-refractivity contribution in [1.82, 2.24) is 10.0 Å². The number of sulfonamides is 1. The lowest BCUT2D eigenvalue weighted by Gasteiger charge is -2.36. The minimum absolute atomic E-state index is 0.00206. The first-order valence-electron chi connectivity index (χ1n) is 12.0. The molecular formula is C24H38N2O5S. The maximum Gasteiger partial charge on any atom is 0.214 e. The van der Waals surface area contributed by atoms with Crippen LogP contribution in [0.15, 0.2) is 24.3 Å². The summed E-state index contributed by atoms with van der Waals surface area (Å²) in [5.41, 5.74) is 1.17. The van der Waals surface area contributed by atoms with Crippen molar-refractivity contribution >= 4 is 16.3 Å². The SMILES string of the molecule is CC[C@H](C)S(=O)(=O)N[C@H]1CCCNC1COC1CCC(c2ccccc2OCC=O)CC1. The number of nitrogens with one attached hydrogen (secondary N) is 2. The van der Waals surface area contributed by atoms with Crippen LogP contribution in [0.4, 0.5) is 0 Å². The molecule has 1 heterocycles. The molecular weight excluding hydrogens is 428 g/mol. The molecule has 1 aromatic carbocycles. The van der Waals surface area contributed by atoms with Crippen molar-refractivity contribution in [2.75, 3.05) is 19.8 Å². The first kappa shape index (κ1) is 25.1. The molecule has 180 valence electrons. The average Bonchev–Trinajstić information content (AvgIpc) is 2.82. The van der Waals surface area contributed by atoms with Crippen molar-refractivity contribution in [3.8, 4) is 5.75 Å². The van der Waals surface area contributed by atoms with Crippen molar-refractivity contribution < 1.29 is 22.7 Å². The standard InChI is InChI=1S/C24H38N2O5S/c1-3-18(2)32(28,29)26-22-8-6-14-25-23(22)17-31-20-12-10-19(11-13-20)21-7-4-5-9-24(21)30-16-15-27/h4-5,7,9,15,18-20,22-23,25-26H,3,6,8,10-14,16-17H2,1-2H3/t18-,19?,20?,22-,23?/m0/s1. The summed E-state index contributed by atoms with van der Waals surface area (Å²) in [7, 11) is -3.31. The number of hydrogen-bond acceptors (Lipinski definition) is 6. The largest absolute Gasteiger partial charge is 0.486 e. The topological polar surface area (TPSA) is 93.7 Å². The van der Waals surface area contributed by atoms with Crippen LogP contribution in [0.2, 0.25) is 0 Å². The van der Waals surface area contributed by atoms with E-state index in [0.29, 0.717) is 18.9 Å². The van der Waals surface area contributed by atoms with E-state index in [1.54, 1.807) is 6.92 Å². The normalized spacial score (nSPS) is 27.6. The van der Waals surface area contributed by atoms with E-state index in [9.17, 15) is 13.2 Å². The lowest BCUT2D eigenvalue weighted by atomic mass is 9.82. The molecule has 8 heteroatoms. The van der Waals surface area contributed by atoms with Gasteiger partial charge in [0, 0.05) is 12.1 Å². The molecule has 1 unspecified atom stereocenters. The highest BCUT2D eigenvalue weighted by Crippen LogP contribution is 2.38. The van der Waals surface area contributed by atoms with E-state index in [0.717, 1.165) is 57.1 Å². The van der Waals surface area contributed by atoms with Crippen molar-refractivity contribution in [2.45, 2.75) is 88.1 Å². The zero-order chi connectivity index (χ0) is 23.0. The third-order valence-electron chi connectivity index (χ3n) is 6.86. The molecule has 1 aliphatic heterocycles. The highest BCUT2D eigenvalue weighted by Gasteiger charge is 2.32. The minimum Gasteiger partial charge on any atom is -0.486 e. The third-order valence-corrected chi connectivity index (χ3v) is 8.88. The fourth-order valence-corrected chi connectivity index (χ4v) is 6.04. The molecule has 1 saturated heterocycles. The van der Waals surface area contributed by atoms with Crippen LogP contribution in [-0.2, 0) is 19.6 Å². The maximum absolute atomic E-state index is 12.5. The van der Waals surface area contributed by atoms with E-state index in [4.69, 9.17) is 9.47 Å². The Bertz CT molecular complexity index is 823. The second kappa shape index (κ2) is 12.1. The fraction of sp³-hybridized carbons (Fsp3) is 0.708. The van der Waals surface area contributed by atoms with Crippen LogP contribution in [0.5, 0.6) is 5.75 Å². The van der Waals surface area contributed by atoms with E-state index >= 15 is 0 Å². The quantitative estimate of drug-likeness (QED) is 0.487. The van der Waals surface area contributed by atoms with Gasteiger partial charge in [-0.15, -0.1) is 0 Å². The average molecular weight is 467 g/mol. The monoisotopic (exact) mass is 466 g/mol. The van der Waals surface area contributed by atoms with Gasteiger partial charge in [0.1, 0.15) is 12.4 Å². The summed E-state index contributed by atoms with van der Waals surface area (Å²) >= 11 is 0. The van der Waals surface area contributed by atoms with Gasteiger partial charge in [-0.25, -0.2) is 13.1 Å². The molecule has 7 nitrogen and oxygen atoms in total. The summed E-state index contributed by atoms with van der Waals surface area (Å²) in [4.78, 5) is 10.7. The summed E-state index contributed by atoms with van der Waals surface area (Å²) in [6.07, 6.45) is 7.29. The molecule has 0 radical (unpaired) electrons. The number of piperidine rings is 1. The van der Waals surface area contributed by atoms with Crippen LogP contribution in [0, 0.1) is 0 Å². The van der Waals surface area contributed by atoms with Crippen molar-refractivity contribution in [3.63, 3.8) is 0 Å². The van der Waals surface area contributed by atoms with Gasteiger partial charge in [-0.05, 0) is 76.0 Å². The third kappa shape index (κ3) is 6.76. The molecule has 1 aromatic rings. The summed E-state index contributed by atoms with van der Waals surface area (Å²) in [5.74, 6) is 1.20. The molecule has 3 atom stereocenters. The van der Waals surface area contributed by atoms with Crippen molar-refractivity contribution in [1.29, 1.82) is 0 Å². The molecule has 0 bridgehead atoms. The van der Waals surface area contributed by atoms with Gasteiger partial charge >= 0.3 is 0 Å². The van der Waals surface area contributed by atoms with Gasteiger partial charge in [0.05, 0.1) is 18.0 Å². The lowest BCUT2D eigenvalue weighted by molar-refractivity contribution is -0.109. The molecule has 1 aliphatic carbocycles.